The van der Waals surface area contributed by atoms with E-state index in [9.17, 15) is 0 Å². The van der Waals surface area contributed by atoms with Gasteiger partial charge in [-0.2, -0.15) is 0 Å². The number of halogens is 1. The highest BCUT2D eigenvalue weighted by atomic mass is 35.5. The Bertz CT molecular complexity index is 45.3. The summed E-state index contributed by atoms with van der Waals surface area (Å²) in [5, 5.41) is 3.26. The molecule has 0 radical (unpaired) electrons. The standard InChI is InChI=1S/C5H12ClN/c1-4(6)5(2)7-3/h4-5,7H,1-3H3/t4?,5-/m0/s1. The van der Waals surface area contributed by atoms with Crippen molar-refractivity contribution in [1.29, 1.82) is 0 Å². The Morgan fingerprint density at radius 1 is 1.43 bits per heavy atom. The van der Waals surface area contributed by atoms with Crippen molar-refractivity contribution in [1.82, 2.24) is 5.32 Å². The lowest BCUT2D eigenvalue weighted by atomic mass is 10.3. The molecule has 0 saturated heterocycles. The molecule has 7 heavy (non-hydrogen) atoms. The first-order valence-corrected chi connectivity index (χ1v) is 2.93. The van der Waals surface area contributed by atoms with Crippen molar-refractivity contribution in [2.24, 2.45) is 0 Å². The molecule has 2 heteroatoms. The molecule has 1 nitrogen and oxygen atoms in total. The molecule has 0 heterocycles. The number of alkyl halides is 1. The first-order chi connectivity index (χ1) is 3.18. The quantitative estimate of drug-likeness (QED) is 0.542. The Kier molecular flexibility index (Phi) is 3.39. The Labute approximate surface area is 50.1 Å². The van der Waals surface area contributed by atoms with Gasteiger partial charge in [0.25, 0.3) is 0 Å². The van der Waals surface area contributed by atoms with E-state index in [4.69, 9.17) is 11.6 Å². The van der Waals surface area contributed by atoms with E-state index in [-0.39, 0.29) is 5.38 Å². The van der Waals surface area contributed by atoms with Crippen molar-refractivity contribution in [3.63, 3.8) is 0 Å². The SMILES string of the molecule is CN[C@@H](C)C(C)Cl. The number of hydrogen-bond donors (Lipinski definition) is 1. The zero-order chi connectivity index (χ0) is 5.86. The van der Waals surface area contributed by atoms with Gasteiger partial charge in [-0.3, -0.25) is 0 Å². The third-order valence-electron chi connectivity index (χ3n) is 1.14. The minimum atomic E-state index is 0.227. The lowest BCUT2D eigenvalue weighted by molar-refractivity contribution is 0.600. The largest absolute Gasteiger partial charge is 0.316 e. The molecule has 44 valence electrons. The lowest BCUT2D eigenvalue weighted by Gasteiger charge is -2.10. The maximum atomic E-state index is 5.67. The van der Waals surface area contributed by atoms with Crippen LogP contribution in [-0.4, -0.2) is 18.5 Å². The van der Waals surface area contributed by atoms with Crippen molar-refractivity contribution in [3.8, 4) is 0 Å². The molecule has 0 rings (SSSR count). The summed E-state index contributed by atoms with van der Waals surface area (Å²) in [6, 6.07) is 0.418. The minimum absolute atomic E-state index is 0.227. The van der Waals surface area contributed by atoms with Crippen molar-refractivity contribution in [2.75, 3.05) is 7.05 Å². The second-order valence-electron chi connectivity index (χ2n) is 1.75. The zero-order valence-electron chi connectivity index (χ0n) is 5.03. The molecule has 0 aromatic rings. The number of rotatable bonds is 2. The summed E-state index contributed by atoms with van der Waals surface area (Å²) in [5.41, 5.74) is 0. The highest BCUT2D eigenvalue weighted by molar-refractivity contribution is 6.20. The van der Waals surface area contributed by atoms with Gasteiger partial charge in [0.1, 0.15) is 0 Å². The van der Waals surface area contributed by atoms with Gasteiger partial charge in [0.05, 0.1) is 0 Å². The molecule has 2 atom stereocenters. The molecule has 0 aliphatic carbocycles. The van der Waals surface area contributed by atoms with Crippen LogP contribution in [0.5, 0.6) is 0 Å². The van der Waals surface area contributed by atoms with Crippen LogP contribution >= 0.6 is 11.6 Å². The predicted molar refractivity (Wildman–Crippen MR) is 33.8 cm³/mol. The maximum absolute atomic E-state index is 5.67. The van der Waals surface area contributed by atoms with Crippen LogP contribution < -0.4 is 5.32 Å². The molecule has 0 aliphatic rings. The summed E-state index contributed by atoms with van der Waals surface area (Å²) >= 11 is 5.67. The lowest BCUT2D eigenvalue weighted by Crippen LogP contribution is -2.28. The third kappa shape index (κ3) is 2.89. The molecule has 0 aromatic heterocycles. The van der Waals surface area contributed by atoms with Gasteiger partial charge in [-0.25, -0.2) is 0 Å². The fourth-order valence-electron chi connectivity index (χ4n) is 0.230. The first-order valence-electron chi connectivity index (χ1n) is 2.49. The molecule has 0 aliphatic heterocycles. The Balaban J connectivity index is 3.14. The summed E-state index contributed by atoms with van der Waals surface area (Å²) in [4.78, 5) is 0. The van der Waals surface area contributed by atoms with Crippen LogP contribution in [-0.2, 0) is 0 Å². The van der Waals surface area contributed by atoms with Gasteiger partial charge in [-0.1, -0.05) is 0 Å². The summed E-state index contributed by atoms with van der Waals surface area (Å²) in [6.45, 7) is 4.03. The van der Waals surface area contributed by atoms with Crippen molar-refractivity contribution in [2.45, 2.75) is 25.3 Å². The number of nitrogens with one attached hydrogen (secondary N) is 1. The summed E-state index contributed by atoms with van der Waals surface area (Å²) in [7, 11) is 1.91. The zero-order valence-corrected chi connectivity index (χ0v) is 5.79. The molecular formula is C5H12ClN. The fourth-order valence-corrected chi connectivity index (χ4v) is 0.356. The third-order valence-corrected chi connectivity index (χ3v) is 1.52. The highest BCUT2D eigenvalue weighted by Crippen LogP contribution is 1.97. The highest BCUT2D eigenvalue weighted by Gasteiger charge is 2.02. The van der Waals surface area contributed by atoms with E-state index in [1.165, 1.54) is 0 Å². The van der Waals surface area contributed by atoms with E-state index in [0.717, 1.165) is 0 Å². The Morgan fingerprint density at radius 2 is 1.86 bits per heavy atom. The average molecular weight is 122 g/mol. The molecule has 0 saturated carbocycles. The average Bonchev–Trinajstić information content (AvgIpc) is 1.65. The predicted octanol–water partition coefficient (Wildman–Crippen LogP) is 1.22. The van der Waals surface area contributed by atoms with Crippen LogP contribution in [0.25, 0.3) is 0 Å². The van der Waals surface area contributed by atoms with E-state index >= 15 is 0 Å². The topological polar surface area (TPSA) is 12.0 Å². The molecule has 0 spiro atoms. The van der Waals surface area contributed by atoms with Gasteiger partial charge in [-0.05, 0) is 20.9 Å². The smallest absolute Gasteiger partial charge is 0.0458 e. The summed E-state index contributed by atoms with van der Waals surface area (Å²) in [6.07, 6.45) is 0. The molecule has 0 bridgehead atoms. The van der Waals surface area contributed by atoms with Crippen molar-refractivity contribution in [3.05, 3.63) is 0 Å². The minimum Gasteiger partial charge on any atom is -0.316 e. The molecular weight excluding hydrogens is 110 g/mol. The van der Waals surface area contributed by atoms with Gasteiger partial charge in [0, 0.05) is 11.4 Å². The summed E-state index contributed by atoms with van der Waals surface area (Å²) < 4.78 is 0. The molecule has 0 aromatic carbocycles. The fraction of sp³-hybridized carbons (Fsp3) is 1.00. The second kappa shape index (κ2) is 3.28. The van der Waals surface area contributed by atoms with Crippen LogP contribution in [0.15, 0.2) is 0 Å². The molecule has 1 unspecified atom stereocenters. The van der Waals surface area contributed by atoms with Crippen molar-refractivity contribution < 1.29 is 0 Å². The van der Waals surface area contributed by atoms with Crippen LogP contribution in [0.2, 0.25) is 0 Å². The van der Waals surface area contributed by atoms with E-state index in [1.54, 1.807) is 0 Å². The van der Waals surface area contributed by atoms with E-state index in [0.29, 0.717) is 6.04 Å². The van der Waals surface area contributed by atoms with Crippen LogP contribution in [0.4, 0.5) is 0 Å². The van der Waals surface area contributed by atoms with Crippen LogP contribution in [0, 0.1) is 0 Å². The van der Waals surface area contributed by atoms with Crippen molar-refractivity contribution >= 4 is 11.6 Å². The maximum Gasteiger partial charge on any atom is 0.0458 e. The monoisotopic (exact) mass is 121 g/mol. The molecule has 0 amide bonds. The van der Waals surface area contributed by atoms with E-state index in [2.05, 4.69) is 12.2 Å². The van der Waals surface area contributed by atoms with Gasteiger partial charge in [0.15, 0.2) is 0 Å². The molecule has 0 fully saturated rings. The Morgan fingerprint density at radius 3 is 1.86 bits per heavy atom. The van der Waals surface area contributed by atoms with E-state index in [1.807, 2.05) is 14.0 Å². The van der Waals surface area contributed by atoms with Gasteiger partial charge < -0.3 is 5.32 Å². The van der Waals surface area contributed by atoms with Crippen LogP contribution in [0.1, 0.15) is 13.8 Å². The second-order valence-corrected chi connectivity index (χ2v) is 2.44. The van der Waals surface area contributed by atoms with Gasteiger partial charge in [-0.15, -0.1) is 11.6 Å². The molecule has 1 N–H and O–H groups in total. The summed E-state index contributed by atoms with van der Waals surface area (Å²) in [5.74, 6) is 0. The Hall–Kier alpha value is 0.250. The van der Waals surface area contributed by atoms with E-state index < -0.39 is 0 Å². The van der Waals surface area contributed by atoms with Gasteiger partial charge in [0.2, 0.25) is 0 Å². The van der Waals surface area contributed by atoms with Gasteiger partial charge >= 0.3 is 0 Å². The normalized spacial score (nSPS) is 18.9. The first kappa shape index (κ1) is 7.25. The van der Waals surface area contributed by atoms with Crippen LogP contribution in [0.3, 0.4) is 0 Å². The number of hydrogen-bond acceptors (Lipinski definition) is 1.